The van der Waals surface area contributed by atoms with Gasteiger partial charge >= 0.3 is 6.09 Å². The van der Waals surface area contributed by atoms with Gasteiger partial charge in [0, 0.05) is 6.54 Å². The van der Waals surface area contributed by atoms with Crippen molar-refractivity contribution in [1.82, 2.24) is 4.90 Å². The average molecular weight is 195 g/mol. The Morgan fingerprint density at radius 1 is 1.43 bits per heavy atom. The molecule has 0 spiro atoms. The molecule has 0 N–H and O–H groups in total. The molecule has 0 aromatic heterocycles. The summed E-state index contributed by atoms with van der Waals surface area (Å²) in [7, 11) is 0. The zero-order valence-electron chi connectivity index (χ0n) is 8.99. The van der Waals surface area contributed by atoms with E-state index in [1.165, 1.54) is 6.42 Å². The van der Waals surface area contributed by atoms with Crippen LogP contribution < -0.4 is 0 Å². The number of cyclic esters (lactones) is 1. The van der Waals surface area contributed by atoms with Crippen LogP contribution in [0.15, 0.2) is 0 Å². The fourth-order valence-corrected chi connectivity index (χ4v) is 3.68. The van der Waals surface area contributed by atoms with Gasteiger partial charge in [-0.3, -0.25) is 0 Å². The molecule has 2 saturated heterocycles. The van der Waals surface area contributed by atoms with Crippen molar-refractivity contribution >= 4 is 6.09 Å². The van der Waals surface area contributed by atoms with Gasteiger partial charge in [0.1, 0.15) is 5.60 Å². The molecule has 3 nitrogen and oxygen atoms in total. The Bertz CT molecular complexity index is 300. The molecule has 0 unspecified atom stereocenters. The summed E-state index contributed by atoms with van der Waals surface area (Å²) in [5.74, 6) is 2.24. The Labute approximate surface area is 84.4 Å². The van der Waals surface area contributed by atoms with Gasteiger partial charge in [-0.15, -0.1) is 0 Å². The largest absolute Gasteiger partial charge is 0.441 e. The van der Waals surface area contributed by atoms with Gasteiger partial charge in [-0.25, -0.2) is 4.79 Å². The Balaban J connectivity index is 1.93. The van der Waals surface area contributed by atoms with Crippen LogP contribution in [0.5, 0.6) is 0 Å². The van der Waals surface area contributed by atoms with Gasteiger partial charge in [0.2, 0.25) is 0 Å². The first-order valence-corrected chi connectivity index (χ1v) is 5.50. The SMILES string of the molecule is C[C@@H]1C[C@@H]2[C@H]1CN1C(=O)OC(C)(C)[C@@H]21. The minimum atomic E-state index is -0.267. The van der Waals surface area contributed by atoms with E-state index in [1.54, 1.807) is 0 Å². The minimum absolute atomic E-state index is 0.0957. The molecule has 3 rings (SSSR count). The maximum absolute atomic E-state index is 11.6. The lowest BCUT2D eigenvalue weighted by Crippen LogP contribution is -2.46. The van der Waals surface area contributed by atoms with Crippen LogP contribution in [-0.4, -0.2) is 29.2 Å². The molecular weight excluding hydrogens is 178 g/mol. The molecule has 0 aromatic carbocycles. The third-order valence-corrected chi connectivity index (χ3v) is 4.37. The third kappa shape index (κ3) is 0.812. The monoisotopic (exact) mass is 195 g/mol. The topological polar surface area (TPSA) is 29.5 Å². The zero-order valence-corrected chi connectivity index (χ0v) is 8.99. The first-order chi connectivity index (χ1) is 6.50. The predicted molar refractivity (Wildman–Crippen MR) is 51.8 cm³/mol. The van der Waals surface area contributed by atoms with E-state index in [0.29, 0.717) is 12.0 Å². The maximum atomic E-state index is 11.6. The van der Waals surface area contributed by atoms with Crippen molar-refractivity contribution in [2.45, 2.75) is 38.8 Å². The second-order valence-electron chi connectivity index (χ2n) is 5.61. The highest BCUT2D eigenvalue weighted by molar-refractivity contribution is 5.72. The summed E-state index contributed by atoms with van der Waals surface area (Å²) >= 11 is 0. The number of ether oxygens (including phenoxy) is 1. The summed E-state index contributed by atoms with van der Waals surface area (Å²) in [6.45, 7) is 7.31. The quantitative estimate of drug-likeness (QED) is 0.590. The molecular formula is C11H17NO2. The molecule has 1 saturated carbocycles. The van der Waals surface area contributed by atoms with E-state index >= 15 is 0 Å². The molecule has 0 aromatic rings. The lowest BCUT2D eigenvalue weighted by molar-refractivity contribution is 0.0142. The van der Waals surface area contributed by atoms with E-state index in [2.05, 4.69) is 6.92 Å². The molecule has 3 aliphatic rings. The summed E-state index contributed by atoms with van der Waals surface area (Å²) < 4.78 is 5.39. The van der Waals surface area contributed by atoms with Crippen LogP contribution in [0.2, 0.25) is 0 Å². The molecule has 0 radical (unpaired) electrons. The predicted octanol–water partition coefficient (Wildman–Crippen LogP) is 1.87. The molecule has 3 fully saturated rings. The summed E-state index contributed by atoms with van der Waals surface area (Å²) in [5.41, 5.74) is -0.267. The highest BCUT2D eigenvalue weighted by Gasteiger charge is 2.62. The average Bonchev–Trinajstić information content (AvgIpc) is 2.47. The number of fused-ring (bicyclic) bond motifs is 3. The lowest BCUT2D eigenvalue weighted by atomic mass is 9.63. The Kier molecular flexibility index (Phi) is 1.38. The number of amides is 1. The minimum Gasteiger partial charge on any atom is -0.441 e. The standard InChI is InChI=1S/C11H17NO2/c1-6-4-7-8(6)5-12-9(7)11(2,3)14-10(12)13/h6-9H,4-5H2,1-3H3/t6-,7-,8+,9-/m1/s1. The molecule has 1 aliphatic carbocycles. The number of carbonyl (C=O) groups excluding carboxylic acids is 1. The van der Waals surface area contributed by atoms with Crippen molar-refractivity contribution in [3.8, 4) is 0 Å². The molecule has 2 aliphatic heterocycles. The number of hydrogen-bond donors (Lipinski definition) is 0. The molecule has 14 heavy (non-hydrogen) atoms. The van der Waals surface area contributed by atoms with E-state index < -0.39 is 0 Å². The van der Waals surface area contributed by atoms with Crippen molar-refractivity contribution < 1.29 is 9.53 Å². The van der Waals surface area contributed by atoms with Crippen LogP contribution in [0.4, 0.5) is 4.79 Å². The van der Waals surface area contributed by atoms with Crippen molar-refractivity contribution in [3.05, 3.63) is 0 Å². The van der Waals surface area contributed by atoms with E-state index in [-0.39, 0.29) is 11.7 Å². The summed E-state index contributed by atoms with van der Waals surface area (Å²) in [5, 5.41) is 0. The lowest BCUT2D eigenvalue weighted by Gasteiger charge is -2.42. The van der Waals surface area contributed by atoms with Gasteiger partial charge in [-0.2, -0.15) is 0 Å². The van der Waals surface area contributed by atoms with Crippen LogP contribution in [0, 0.1) is 17.8 Å². The fraction of sp³-hybridized carbons (Fsp3) is 0.909. The van der Waals surface area contributed by atoms with Crippen molar-refractivity contribution in [3.63, 3.8) is 0 Å². The Morgan fingerprint density at radius 3 is 2.79 bits per heavy atom. The van der Waals surface area contributed by atoms with Crippen LogP contribution in [0.1, 0.15) is 27.2 Å². The van der Waals surface area contributed by atoms with Gasteiger partial charge < -0.3 is 9.64 Å². The van der Waals surface area contributed by atoms with E-state index in [4.69, 9.17) is 4.74 Å². The molecule has 78 valence electrons. The molecule has 4 atom stereocenters. The van der Waals surface area contributed by atoms with Crippen LogP contribution in [0.3, 0.4) is 0 Å². The fourth-order valence-electron chi connectivity index (χ4n) is 3.68. The second kappa shape index (κ2) is 2.26. The number of nitrogens with zero attached hydrogens (tertiary/aromatic N) is 1. The highest BCUT2D eigenvalue weighted by Crippen LogP contribution is 2.54. The number of carbonyl (C=O) groups is 1. The number of hydrogen-bond acceptors (Lipinski definition) is 2. The molecule has 2 heterocycles. The van der Waals surface area contributed by atoms with Gasteiger partial charge in [-0.1, -0.05) is 6.92 Å². The number of rotatable bonds is 0. The van der Waals surface area contributed by atoms with Crippen LogP contribution in [-0.2, 0) is 4.74 Å². The van der Waals surface area contributed by atoms with Crippen molar-refractivity contribution in [1.29, 1.82) is 0 Å². The maximum Gasteiger partial charge on any atom is 0.410 e. The van der Waals surface area contributed by atoms with E-state index in [0.717, 1.165) is 18.4 Å². The summed E-state index contributed by atoms with van der Waals surface area (Å²) in [6.07, 6.45) is 1.17. The van der Waals surface area contributed by atoms with Crippen LogP contribution >= 0.6 is 0 Å². The second-order valence-corrected chi connectivity index (χ2v) is 5.61. The smallest absolute Gasteiger partial charge is 0.410 e. The van der Waals surface area contributed by atoms with Gasteiger partial charge in [0.05, 0.1) is 6.04 Å². The van der Waals surface area contributed by atoms with E-state index in [1.807, 2.05) is 18.7 Å². The summed E-state index contributed by atoms with van der Waals surface area (Å²) in [4.78, 5) is 13.6. The highest BCUT2D eigenvalue weighted by atomic mass is 16.6. The van der Waals surface area contributed by atoms with Crippen molar-refractivity contribution in [2.75, 3.05) is 6.54 Å². The summed E-state index contributed by atoms with van der Waals surface area (Å²) in [6, 6.07) is 0.344. The Hall–Kier alpha value is -0.730. The van der Waals surface area contributed by atoms with Gasteiger partial charge in [0.25, 0.3) is 0 Å². The molecule has 0 bridgehead atoms. The zero-order chi connectivity index (χ0) is 10.1. The van der Waals surface area contributed by atoms with Gasteiger partial charge in [-0.05, 0) is 38.0 Å². The molecule has 3 heteroatoms. The molecule has 1 amide bonds. The van der Waals surface area contributed by atoms with E-state index in [9.17, 15) is 4.79 Å². The van der Waals surface area contributed by atoms with Crippen molar-refractivity contribution in [2.24, 2.45) is 17.8 Å². The third-order valence-electron chi connectivity index (χ3n) is 4.37. The van der Waals surface area contributed by atoms with Crippen LogP contribution in [0.25, 0.3) is 0 Å². The first-order valence-electron chi connectivity index (χ1n) is 5.50. The Morgan fingerprint density at radius 2 is 2.14 bits per heavy atom. The van der Waals surface area contributed by atoms with Gasteiger partial charge in [0.15, 0.2) is 0 Å². The normalized spacial score (nSPS) is 48.2. The first kappa shape index (κ1) is 8.57.